The van der Waals surface area contributed by atoms with E-state index in [4.69, 9.17) is 0 Å². The Hall–Kier alpha value is -3.58. The van der Waals surface area contributed by atoms with Crippen molar-refractivity contribution >= 4 is 23.0 Å². The maximum atomic E-state index is 2.30. The minimum absolute atomic E-state index is 1.18. The van der Waals surface area contributed by atoms with E-state index in [1.165, 1.54) is 44.8 Å². The van der Waals surface area contributed by atoms with E-state index in [2.05, 4.69) is 115 Å². The van der Waals surface area contributed by atoms with Gasteiger partial charge in [0.25, 0.3) is 0 Å². The van der Waals surface area contributed by atoms with Gasteiger partial charge in [-0.25, -0.2) is 0 Å². The van der Waals surface area contributed by atoms with Gasteiger partial charge in [0.15, 0.2) is 0 Å². The second kappa shape index (κ2) is 6.86. The number of hydrogen-bond donors (Lipinski definition) is 0. The average Bonchev–Trinajstić information content (AvgIpc) is 3.08. The molecule has 1 aliphatic rings. The first-order chi connectivity index (χ1) is 13.8. The lowest BCUT2D eigenvalue weighted by atomic mass is 10.0. The van der Waals surface area contributed by atoms with Crippen LogP contribution in [0.2, 0.25) is 0 Å². The summed E-state index contributed by atoms with van der Waals surface area (Å²) >= 11 is 0. The molecule has 0 N–H and O–H groups in total. The number of nitrogens with zero attached hydrogens (tertiary/aromatic N) is 1. The first-order valence-corrected chi connectivity index (χ1v) is 9.61. The molecule has 1 heteroatoms. The largest absolute Gasteiger partial charge is 0.345 e. The van der Waals surface area contributed by atoms with Crippen molar-refractivity contribution in [2.24, 2.45) is 0 Å². The smallest absolute Gasteiger partial charge is 0.0408 e. The molecule has 28 heavy (non-hydrogen) atoms. The predicted molar refractivity (Wildman–Crippen MR) is 120 cm³/mol. The Morgan fingerprint density at radius 3 is 1.54 bits per heavy atom. The SMILES string of the molecule is CN(c1ccccc1)c1ccc(C=C2c3ccccc3-c3ccccc32)cc1. The molecule has 0 radical (unpaired) electrons. The minimum Gasteiger partial charge on any atom is -0.345 e. The van der Waals surface area contributed by atoms with Gasteiger partial charge in [-0.3, -0.25) is 0 Å². The first-order valence-electron chi connectivity index (χ1n) is 9.61. The fourth-order valence-electron chi connectivity index (χ4n) is 3.97. The topological polar surface area (TPSA) is 3.24 Å². The van der Waals surface area contributed by atoms with Crippen LogP contribution in [0.25, 0.3) is 22.8 Å². The summed E-state index contributed by atoms with van der Waals surface area (Å²) in [6.45, 7) is 0. The van der Waals surface area contributed by atoms with Gasteiger partial charge >= 0.3 is 0 Å². The molecule has 134 valence electrons. The molecule has 0 bridgehead atoms. The molecule has 1 nitrogen and oxygen atoms in total. The molecule has 4 aromatic carbocycles. The summed E-state index contributed by atoms with van der Waals surface area (Å²) in [5, 5.41) is 0. The van der Waals surface area contributed by atoms with Gasteiger partial charge in [-0.15, -0.1) is 0 Å². The van der Waals surface area contributed by atoms with Crippen molar-refractivity contribution in [3.8, 4) is 11.1 Å². The van der Waals surface area contributed by atoms with E-state index >= 15 is 0 Å². The van der Waals surface area contributed by atoms with Crippen molar-refractivity contribution in [1.29, 1.82) is 0 Å². The molecule has 0 aliphatic heterocycles. The van der Waals surface area contributed by atoms with Crippen LogP contribution < -0.4 is 4.90 Å². The van der Waals surface area contributed by atoms with E-state index in [1.807, 2.05) is 6.07 Å². The van der Waals surface area contributed by atoms with E-state index in [0.29, 0.717) is 0 Å². The molecule has 0 heterocycles. The van der Waals surface area contributed by atoms with Crippen LogP contribution in [0.4, 0.5) is 11.4 Å². The van der Waals surface area contributed by atoms with Gasteiger partial charge in [0.2, 0.25) is 0 Å². The van der Waals surface area contributed by atoms with E-state index < -0.39 is 0 Å². The minimum atomic E-state index is 1.18. The van der Waals surface area contributed by atoms with Crippen LogP contribution in [0, 0.1) is 0 Å². The van der Waals surface area contributed by atoms with Crippen molar-refractivity contribution in [2.75, 3.05) is 11.9 Å². The maximum absolute atomic E-state index is 2.30. The third-order valence-corrected chi connectivity index (χ3v) is 5.46. The maximum Gasteiger partial charge on any atom is 0.0408 e. The van der Waals surface area contributed by atoms with Crippen molar-refractivity contribution < 1.29 is 0 Å². The monoisotopic (exact) mass is 359 g/mol. The number of hydrogen-bond acceptors (Lipinski definition) is 1. The summed E-state index contributed by atoms with van der Waals surface area (Å²) < 4.78 is 0. The number of para-hydroxylation sites is 1. The molecule has 4 aromatic rings. The van der Waals surface area contributed by atoms with Gasteiger partial charge in [0, 0.05) is 18.4 Å². The van der Waals surface area contributed by atoms with Crippen LogP contribution in [0.15, 0.2) is 103 Å². The molecule has 0 atom stereocenters. The normalized spacial score (nSPS) is 11.7. The highest BCUT2D eigenvalue weighted by atomic mass is 15.1. The van der Waals surface area contributed by atoms with Crippen molar-refractivity contribution in [3.63, 3.8) is 0 Å². The second-order valence-corrected chi connectivity index (χ2v) is 7.14. The number of anilines is 2. The number of rotatable bonds is 3. The Balaban J connectivity index is 1.52. The summed E-state index contributed by atoms with van der Waals surface area (Å²) in [5.41, 5.74) is 10.2. The summed E-state index contributed by atoms with van der Waals surface area (Å²) in [5.74, 6) is 0. The average molecular weight is 359 g/mol. The molecule has 0 amide bonds. The molecule has 0 spiro atoms. The van der Waals surface area contributed by atoms with E-state index in [1.54, 1.807) is 0 Å². The zero-order valence-corrected chi connectivity index (χ0v) is 15.8. The van der Waals surface area contributed by atoms with Gasteiger partial charge in [0.1, 0.15) is 0 Å². The summed E-state index contributed by atoms with van der Waals surface area (Å²) in [6.07, 6.45) is 2.30. The summed E-state index contributed by atoms with van der Waals surface area (Å²) in [6, 6.07) is 36.6. The summed E-state index contributed by atoms with van der Waals surface area (Å²) in [4.78, 5) is 2.21. The fraction of sp³-hybridized carbons (Fsp3) is 0.0370. The molecule has 0 fully saturated rings. The first kappa shape index (κ1) is 16.6. The predicted octanol–water partition coefficient (Wildman–Crippen LogP) is 7.02. The third-order valence-electron chi connectivity index (χ3n) is 5.46. The lowest BCUT2D eigenvalue weighted by Crippen LogP contribution is -2.08. The molecule has 0 saturated carbocycles. The Kier molecular flexibility index (Phi) is 4.06. The van der Waals surface area contributed by atoms with Crippen LogP contribution in [0.5, 0.6) is 0 Å². The van der Waals surface area contributed by atoms with Gasteiger partial charge in [-0.2, -0.15) is 0 Å². The molecule has 1 aliphatic carbocycles. The van der Waals surface area contributed by atoms with Crippen LogP contribution in [0.3, 0.4) is 0 Å². The lowest BCUT2D eigenvalue weighted by Gasteiger charge is -2.19. The van der Waals surface area contributed by atoms with Gasteiger partial charge in [-0.1, -0.05) is 78.9 Å². The molecule has 0 unspecified atom stereocenters. The molecule has 0 saturated heterocycles. The number of benzene rings is 4. The van der Waals surface area contributed by atoms with Gasteiger partial charge in [-0.05, 0) is 63.7 Å². The Morgan fingerprint density at radius 2 is 0.964 bits per heavy atom. The zero-order valence-electron chi connectivity index (χ0n) is 15.8. The second-order valence-electron chi connectivity index (χ2n) is 7.14. The zero-order chi connectivity index (χ0) is 18.9. The molecule has 0 aromatic heterocycles. The molecular formula is C27H21N. The van der Waals surface area contributed by atoms with E-state index in [-0.39, 0.29) is 0 Å². The quantitative estimate of drug-likeness (QED) is 0.334. The van der Waals surface area contributed by atoms with Crippen molar-refractivity contribution in [1.82, 2.24) is 0 Å². The summed E-state index contributed by atoms with van der Waals surface area (Å²) in [7, 11) is 2.10. The van der Waals surface area contributed by atoms with Gasteiger partial charge < -0.3 is 4.90 Å². The van der Waals surface area contributed by atoms with Crippen LogP contribution >= 0.6 is 0 Å². The van der Waals surface area contributed by atoms with Gasteiger partial charge in [0.05, 0.1) is 0 Å². The van der Waals surface area contributed by atoms with Crippen LogP contribution in [-0.4, -0.2) is 7.05 Å². The lowest BCUT2D eigenvalue weighted by molar-refractivity contribution is 1.21. The Morgan fingerprint density at radius 1 is 0.500 bits per heavy atom. The Bertz CT molecular complexity index is 1110. The highest BCUT2D eigenvalue weighted by Crippen LogP contribution is 2.44. The fourth-order valence-corrected chi connectivity index (χ4v) is 3.97. The highest BCUT2D eigenvalue weighted by Gasteiger charge is 2.22. The number of fused-ring (bicyclic) bond motifs is 3. The van der Waals surface area contributed by atoms with E-state index in [0.717, 1.165) is 0 Å². The highest BCUT2D eigenvalue weighted by molar-refractivity contribution is 6.06. The van der Waals surface area contributed by atoms with Crippen molar-refractivity contribution in [2.45, 2.75) is 0 Å². The van der Waals surface area contributed by atoms with E-state index in [9.17, 15) is 0 Å². The van der Waals surface area contributed by atoms with Crippen LogP contribution in [0.1, 0.15) is 16.7 Å². The molecule has 5 rings (SSSR count). The standard InChI is InChI=1S/C27H21N/c1-28(21-9-3-2-4-10-21)22-17-15-20(16-18-22)19-27-25-13-7-5-11-23(25)24-12-6-8-14-26(24)27/h2-19H,1H3. The Labute approximate surface area is 166 Å². The molecular weight excluding hydrogens is 338 g/mol. The van der Waals surface area contributed by atoms with Crippen LogP contribution in [-0.2, 0) is 0 Å². The van der Waals surface area contributed by atoms with Crippen molar-refractivity contribution in [3.05, 3.63) is 120 Å². The third kappa shape index (κ3) is 2.82.